The Morgan fingerprint density at radius 1 is 1.08 bits per heavy atom. The first-order chi connectivity index (χ1) is 11.5. The molecule has 0 spiro atoms. The van der Waals surface area contributed by atoms with Crippen molar-refractivity contribution in [1.82, 2.24) is 15.0 Å². The van der Waals surface area contributed by atoms with Crippen LogP contribution in [0.4, 0.5) is 10.2 Å². The third-order valence-electron chi connectivity index (χ3n) is 3.50. The van der Waals surface area contributed by atoms with E-state index in [1.54, 1.807) is 32.2 Å². The minimum absolute atomic E-state index is 0.0635. The average molecular weight is 326 g/mol. The van der Waals surface area contributed by atoms with Gasteiger partial charge in [0.25, 0.3) is 0 Å². The molecular formula is C18H19FN4O. The molecule has 0 radical (unpaired) electrons. The molecule has 0 saturated carbocycles. The summed E-state index contributed by atoms with van der Waals surface area (Å²) in [5.74, 6) is 1.39. The summed E-state index contributed by atoms with van der Waals surface area (Å²) in [4.78, 5) is 13.2. The predicted octanol–water partition coefficient (Wildman–Crippen LogP) is 3.97. The Morgan fingerprint density at radius 2 is 1.88 bits per heavy atom. The summed E-state index contributed by atoms with van der Waals surface area (Å²) in [7, 11) is 1.79. The molecule has 3 aromatic rings. The van der Waals surface area contributed by atoms with Crippen molar-refractivity contribution in [3.8, 4) is 17.0 Å². The zero-order valence-corrected chi connectivity index (χ0v) is 14.1. The summed E-state index contributed by atoms with van der Waals surface area (Å²) in [6.07, 6.45) is -0.0635. The van der Waals surface area contributed by atoms with Crippen molar-refractivity contribution in [3.05, 3.63) is 42.0 Å². The van der Waals surface area contributed by atoms with Crippen molar-refractivity contribution in [2.75, 3.05) is 12.4 Å². The van der Waals surface area contributed by atoms with Gasteiger partial charge in [0, 0.05) is 7.05 Å². The van der Waals surface area contributed by atoms with Gasteiger partial charge in [-0.2, -0.15) is 0 Å². The van der Waals surface area contributed by atoms with E-state index in [1.807, 2.05) is 19.9 Å². The van der Waals surface area contributed by atoms with Crippen molar-refractivity contribution in [3.63, 3.8) is 0 Å². The number of hydrogen-bond acceptors (Lipinski definition) is 5. The Bertz CT molecular complexity index is 896. The molecule has 24 heavy (non-hydrogen) atoms. The van der Waals surface area contributed by atoms with Crippen LogP contribution in [0.3, 0.4) is 0 Å². The number of hydrogen-bond donors (Lipinski definition) is 1. The second kappa shape index (κ2) is 6.39. The van der Waals surface area contributed by atoms with E-state index in [-0.39, 0.29) is 11.9 Å². The van der Waals surface area contributed by atoms with Gasteiger partial charge in [-0.1, -0.05) is 6.07 Å². The van der Waals surface area contributed by atoms with Crippen LogP contribution in [-0.4, -0.2) is 28.1 Å². The van der Waals surface area contributed by atoms with Crippen molar-refractivity contribution in [2.45, 2.75) is 26.9 Å². The molecule has 0 amide bonds. The Kier molecular flexibility index (Phi) is 4.29. The maximum absolute atomic E-state index is 14.4. The number of halogens is 1. The smallest absolute Gasteiger partial charge is 0.165 e. The van der Waals surface area contributed by atoms with Gasteiger partial charge in [-0.3, -0.25) is 0 Å². The molecule has 0 bridgehead atoms. The summed E-state index contributed by atoms with van der Waals surface area (Å²) in [5.41, 5.74) is 1.34. The first-order valence-electron chi connectivity index (χ1n) is 7.78. The van der Waals surface area contributed by atoms with E-state index in [9.17, 15) is 4.39 Å². The summed E-state index contributed by atoms with van der Waals surface area (Å²) in [5, 5.41) is 3.82. The molecular weight excluding hydrogens is 307 g/mol. The third kappa shape index (κ3) is 2.99. The Labute approximate surface area is 139 Å². The molecule has 3 rings (SSSR count). The van der Waals surface area contributed by atoms with Crippen LogP contribution in [-0.2, 0) is 0 Å². The van der Waals surface area contributed by atoms with Crippen LogP contribution in [0.15, 0.2) is 30.3 Å². The lowest BCUT2D eigenvalue weighted by atomic mass is 10.1. The summed E-state index contributed by atoms with van der Waals surface area (Å²) >= 11 is 0. The van der Waals surface area contributed by atoms with E-state index in [1.165, 1.54) is 6.07 Å². The van der Waals surface area contributed by atoms with Gasteiger partial charge in [-0.05, 0) is 45.0 Å². The molecule has 0 unspecified atom stereocenters. The van der Waals surface area contributed by atoms with Gasteiger partial charge in [0.15, 0.2) is 5.65 Å². The first-order valence-corrected chi connectivity index (χ1v) is 7.78. The minimum Gasteiger partial charge on any atom is -0.490 e. The Balaban J connectivity index is 2.20. The maximum atomic E-state index is 14.4. The maximum Gasteiger partial charge on any atom is 0.165 e. The fourth-order valence-corrected chi connectivity index (χ4v) is 2.55. The zero-order valence-electron chi connectivity index (χ0n) is 14.1. The van der Waals surface area contributed by atoms with Crippen LogP contribution >= 0.6 is 0 Å². The van der Waals surface area contributed by atoms with E-state index in [0.29, 0.717) is 34.3 Å². The number of rotatable bonds is 4. The van der Waals surface area contributed by atoms with Crippen LogP contribution in [0.5, 0.6) is 5.75 Å². The van der Waals surface area contributed by atoms with Crippen molar-refractivity contribution in [2.24, 2.45) is 0 Å². The molecule has 0 atom stereocenters. The quantitative estimate of drug-likeness (QED) is 0.786. The average Bonchev–Trinajstić information content (AvgIpc) is 2.53. The van der Waals surface area contributed by atoms with Gasteiger partial charge < -0.3 is 10.1 Å². The number of aromatic nitrogens is 3. The third-order valence-corrected chi connectivity index (χ3v) is 3.50. The highest BCUT2D eigenvalue weighted by Crippen LogP contribution is 2.33. The minimum atomic E-state index is -0.375. The fraction of sp³-hybridized carbons (Fsp3) is 0.278. The molecule has 1 N–H and O–H groups in total. The molecule has 0 fully saturated rings. The number of ether oxygens (including phenoxy) is 1. The first kappa shape index (κ1) is 16.1. The SMILES string of the molecule is CNc1nc(C)nc2nc(-c3c(F)cccc3OC(C)C)ccc12. The highest BCUT2D eigenvalue weighted by Gasteiger charge is 2.16. The lowest BCUT2D eigenvalue weighted by Crippen LogP contribution is -2.07. The highest BCUT2D eigenvalue weighted by atomic mass is 19.1. The van der Waals surface area contributed by atoms with E-state index in [4.69, 9.17) is 4.74 Å². The van der Waals surface area contributed by atoms with Crippen LogP contribution in [0.2, 0.25) is 0 Å². The molecule has 0 saturated heterocycles. The predicted molar refractivity (Wildman–Crippen MR) is 92.8 cm³/mol. The molecule has 0 aliphatic rings. The van der Waals surface area contributed by atoms with Gasteiger partial charge in [-0.25, -0.2) is 19.3 Å². The largest absolute Gasteiger partial charge is 0.490 e. The number of pyridine rings is 1. The monoisotopic (exact) mass is 326 g/mol. The Hall–Kier alpha value is -2.76. The molecule has 2 aromatic heterocycles. The van der Waals surface area contributed by atoms with Crippen molar-refractivity contribution >= 4 is 16.9 Å². The van der Waals surface area contributed by atoms with Crippen molar-refractivity contribution in [1.29, 1.82) is 0 Å². The van der Waals surface area contributed by atoms with Gasteiger partial charge in [0.2, 0.25) is 0 Å². The summed E-state index contributed by atoms with van der Waals surface area (Å²) < 4.78 is 20.2. The number of anilines is 1. The molecule has 0 aliphatic heterocycles. The molecule has 0 aliphatic carbocycles. The number of nitrogens with zero attached hydrogens (tertiary/aromatic N) is 3. The fourth-order valence-electron chi connectivity index (χ4n) is 2.55. The second-order valence-corrected chi connectivity index (χ2v) is 5.72. The zero-order chi connectivity index (χ0) is 17.3. The van der Waals surface area contributed by atoms with Gasteiger partial charge in [-0.15, -0.1) is 0 Å². The van der Waals surface area contributed by atoms with Gasteiger partial charge >= 0.3 is 0 Å². The van der Waals surface area contributed by atoms with Crippen LogP contribution < -0.4 is 10.1 Å². The number of fused-ring (bicyclic) bond motifs is 1. The lowest BCUT2D eigenvalue weighted by Gasteiger charge is -2.15. The van der Waals surface area contributed by atoms with E-state index in [0.717, 1.165) is 5.39 Å². The number of aryl methyl sites for hydroxylation is 1. The van der Waals surface area contributed by atoms with Crippen molar-refractivity contribution < 1.29 is 9.13 Å². The summed E-state index contributed by atoms with van der Waals surface area (Å²) in [6.45, 7) is 5.60. The second-order valence-electron chi connectivity index (χ2n) is 5.72. The molecule has 5 nitrogen and oxygen atoms in total. The standard InChI is InChI=1S/C18H19FN4O/c1-10(2)24-15-7-5-6-13(19)16(15)14-9-8-12-17(20-4)21-11(3)22-18(12)23-14/h5-10H,1-4H3,(H,20,21,22,23). The van der Waals surface area contributed by atoms with Gasteiger partial charge in [0.1, 0.15) is 23.2 Å². The lowest BCUT2D eigenvalue weighted by molar-refractivity contribution is 0.242. The normalized spacial score (nSPS) is 11.1. The summed E-state index contributed by atoms with van der Waals surface area (Å²) in [6, 6.07) is 8.37. The molecule has 124 valence electrons. The van der Waals surface area contributed by atoms with E-state index < -0.39 is 0 Å². The number of benzene rings is 1. The van der Waals surface area contributed by atoms with E-state index in [2.05, 4.69) is 20.3 Å². The Morgan fingerprint density at radius 3 is 2.58 bits per heavy atom. The molecule has 1 aromatic carbocycles. The molecule has 2 heterocycles. The van der Waals surface area contributed by atoms with Gasteiger partial charge in [0.05, 0.1) is 22.7 Å². The molecule has 6 heteroatoms. The van der Waals surface area contributed by atoms with Crippen LogP contribution in [0, 0.1) is 12.7 Å². The van der Waals surface area contributed by atoms with Crippen LogP contribution in [0.1, 0.15) is 19.7 Å². The highest BCUT2D eigenvalue weighted by molar-refractivity contribution is 5.88. The topological polar surface area (TPSA) is 59.9 Å². The number of nitrogens with one attached hydrogen (secondary N) is 1. The van der Waals surface area contributed by atoms with Crippen LogP contribution in [0.25, 0.3) is 22.3 Å². The van der Waals surface area contributed by atoms with E-state index >= 15 is 0 Å².